The number of carbonyl (C=O) groups excluding carboxylic acids is 1. The van der Waals surface area contributed by atoms with Crippen molar-refractivity contribution in [2.45, 2.75) is 33.0 Å². The summed E-state index contributed by atoms with van der Waals surface area (Å²) < 4.78 is 1.62. The van der Waals surface area contributed by atoms with Crippen molar-refractivity contribution in [1.29, 1.82) is 0 Å². The van der Waals surface area contributed by atoms with Crippen LogP contribution in [0.4, 0.5) is 11.6 Å². The molecule has 0 aliphatic carbocycles. The maximum absolute atomic E-state index is 13.4. The fourth-order valence-electron chi connectivity index (χ4n) is 4.81. The summed E-state index contributed by atoms with van der Waals surface area (Å²) in [7, 11) is 1.76. The first-order valence-electron chi connectivity index (χ1n) is 11.5. The second kappa shape index (κ2) is 8.88. The van der Waals surface area contributed by atoms with Gasteiger partial charge in [0.1, 0.15) is 0 Å². The van der Waals surface area contributed by atoms with Crippen LogP contribution in [0.2, 0.25) is 0 Å². The number of nitrogens with one attached hydrogen (secondary N) is 2. The largest absolute Gasteiger partial charge is 0.378 e. The molecular weight excluding hydrogens is 442 g/mol. The Kier molecular flexibility index (Phi) is 5.74. The third-order valence-corrected chi connectivity index (χ3v) is 6.57. The minimum Gasteiger partial charge on any atom is -0.378 e. The number of carbonyl (C=O) groups is 1. The summed E-state index contributed by atoms with van der Waals surface area (Å²) in [6.45, 7) is 5.31. The summed E-state index contributed by atoms with van der Waals surface area (Å²) in [5.74, 6) is 0.0216. The second-order valence-electron chi connectivity index (χ2n) is 9.00. The number of hydrogen-bond acceptors (Lipinski definition) is 6. The van der Waals surface area contributed by atoms with Gasteiger partial charge >= 0.3 is 0 Å². The number of aryl methyl sites for hydroxylation is 1. The standard InChI is InChI=1S/C27H27N5O3/c1-16-12-21(17(2)28-23-11-7-6-10-20(23)25(33)30-35)24-22(13-16)26(34)31(3)27(29-24)32-14-18-8-4-5-9-19(18)15-32/h4-13,17,28,35H,14-15H2,1-3H3,(H,30,33). The Morgan fingerprint density at radius 1 is 1.06 bits per heavy atom. The normalized spacial score (nSPS) is 13.5. The second-order valence-corrected chi connectivity index (χ2v) is 9.00. The molecule has 0 fully saturated rings. The maximum atomic E-state index is 13.4. The van der Waals surface area contributed by atoms with Crippen molar-refractivity contribution in [2.75, 3.05) is 10.2 Å². The number of fused-ring (bicyclic) bond motifs is 2. The van der Waals surface area contributed by atoms with Crippen molar-refractivity contribution in [1.82, 2.24) is 15.0 Å². The first-order valence-corrected chi connectivity index (χ1v) is 11.5. The highest BCUT2D eigenvalue weighted by Gasteiger charge is 2.24. The first kappa shape index (κ1) is 22.6. The van der Waals surface area contributed by atoms with Gasteiger partial charge < -0.3 is 10.2 Å². The van der Waals surface area contributed by atoms with Crippen LogP contribution in [0.3, 0.4) is 0 Å². The Morgan fingerprint density at radius 3 is 2.40 bits per heavy atom. The molecule has 2 heterocycles. The molecule has 3 N–H and O–H groups in total. The van der Waals surface area contributed by atoms with Crippen molar-refractivity contribution in [2.24, 2.45) is 7.05 Å². The van der Waals surface area contributed by atoms with Gasteiger partial charge in [0.2, 0.25) is 5.95 Å². The molecule has 1 amide bonds. The van der Waals surface area contributed by atoms with Gasteiger partial charge in [0.25, 0.3) is 11.5 Å². The predicted octanol–water partition coefficient (Wildman–Crippen LogP) is 4.05. The van der Waals surface area contributed by atoms with Crippen molar-refractivity contribution >= 4 is 28.4 Å². The summed E-state index contributed by atoms with van der Waals surface area (Å²) >= 11 is 0. The molecule has 0 saturated heterocycles. The van der Waals surface area contributed by atoms with Gasteiger partial charge in [-0.1, -0.05) is 42.5 Å². The van der Waals surface area contributed by atoms with E-state index in [-0.39, 0.29) is 11.6 Å². The Hall–Kier alpha value is -4.17. The molecule has 0 saturated carbocycles. The van der Waals surface area contributed by atoms with Gasteiger partial charge in [0.05, 0.1) is 22.5 Å². The van der Waals surface area contributed by atoms with Crippen LogP contribution in [0.15, 0.2) is 65.5 Å². The molecule has 5 rings (SSSR count). The molecule has 4 aromatic rings. The van der Waals surface area contributed by atoms with Crippen molar-refractivity contribution < 1.29 is 10.0 Å². The van der Waals surface area contributed by atoms with E-state index in [1.54, 1.807) is 35.3 Å². The predicted molar refractivity (Wildman–Crippen MR) is 136 cm³/mol. The topological polar surface area (TPSA) is 99.5 Å². The molecule has 35 heavy (non-hydrogen) atoms. The SMILES string of the molecule is Cc1cc(C(C)Nc2ccccc2C(=O)NO)c2nc(N3Cc4ccccc4C3)n(C)c(=O)c2c1. The monoisotopic (exact) mass is 469 g/mol. The molecule has 1 aliphatic rings. The number of anilines is 2. The molecule has 0 spiro atoms. The number of benzene rings is 3. The Bertz CT molecular complexity index is 1490. The van der Waals surface area contributed by atoms with Crippen molar-refractivity contribution in [3.63, 3.8) is 0 Å². The summed E-state index contributed by atoms with van der Waals surface area (Å²) in [5, 5.41) is 13.0. The van der Waals surface area contributed by atoms with Gasteiger partial charge in [-0.2, -0.15) is 0 Å². The molecule has 0 radical (unpaired) electrons. The summed E-state index contributed by atoms with van der Waals surface area (Å²) in [6.07, 6.45) is 0. The lowest BCUT2D eigenvalue weighted by molar-refractivity contribution is 0.0707. The lowest BCUT2D eigenvalue weighted by atomic mass is 10.0. The molecule has 3 aromatic carbocycles. The highest BCUT2D eigenvalue weighted by Crippen LogP contribution is 2.31. The number of hydroxylamine groups is 1. The molecule has 1 aromatic heterocycles. The number of para-hydroxylation sites is 1. The highest BCUT2D eigenvalue weighted by atomic mass is 16.5. The zero-order chi connectivity index (χ0) is 24.7. The average molecular weight is 470 g/mol. The number of hydrogen-bond donors (Lipinski definition) is 3. The Labute approximate surface area is 202 Å². The van der Waals surface area contributed by atoms with E-state index < -0.39 is 5.91 Å². The Morgan fingerprint density at radius 2 is 1.71 bits per heavy atom. The quantitative estimate of drug-likeness (QED) is 0.301. The minimum absolute atomic E-state index is 0.0989. The number of nitrogens with zero attached hydrogens (tertiary/aromatic N) is 3. The fourth-order valence-corrected chi connectivity index (χ4v) is 4.81. The average Bonchev–Trinajstić information content (AvgIpc) is 3.30. The maximum Gasteiger partial charge on any atom is 0.276 e. The van der Waals surface area contributed by atoms with Crippen molar-refractivity contribution in [3.05, 3.63) is 98.8 Å². The van der Waals surface area contributed by atoms with E-state index in [0.717, 1.165) is 11.1 Å². The Balaban J connectivity index is 1.59. The molecular formula is C27H27N5O3. The number of rotatable bonds is 5. The van der Waals surface area contributed by atoms with E-state index in [2.05, 4.69) is 22.3 Å². The van der Waals surface area contributed by atoms with Gasteiger partial charge in [-0.05, 0) is 48.7 Å². The van der Waals surface area contributed by atoms with E-state index in [4.69, 9.17) is 10.2 Å². The van der Waals surface area contributed by atoms with Crippen LogP contribution in [0.25, 0.3) is 10.9 Å². The van der Waals surface area contributed by atoms with Crippen LogP contribution in [-0.4, -0.2) is 20.7 Å². The van der Waals surface area contributed by atoms with E-state index >= 15 is 0 Å². The summed E-state index contributed by atoms with van der Waals surface area (Å²) in [5.41, 5.74) is 7.39. The lowest BCUT2D eigenvalue weighted by Gasteiger charge is -2.23. The van der Waals surface area contributed by atoms with Crippen LogP contribution >= 0.6 is 0 Å². The van der Waals surface area contributed by atoms with Gasteiger partial charge in [0.15, 0.2) is 0 Å². The summed E-state index contributed by atoms with van der Waals surface area (Å²) in [6, 6.07) is 18.8. The third kappa shape index (κ3) is 4.02. The fraction of sp³-hybridized carbons (Fsp3) is 0.222. The smallest absolute Gasteiger partial charge is 0.276 e. The molecule has 8 nitrogen and oxygen atoms in total. The van der Waals surface area contributed by atoms with Crippen LogP contribution in [0.1, 0.15) is 45.6 Å². The van der Waals surface area contributed by atoms with E-state index in [1.165, 1.54) is 11.1 Å². The molecule has 8 heteroatoms. The zero-order valence-corrected chi connectivity index (χ0v) is 19.9. The summed E-state index contributed by atoms with van der Waals surface area (Å²) in [4.78, 5) is 32.7. The lowest BCUT2D eigenvalue weighted by Crippen LogP contribution is -2.28. The highest BCUT2D eigenvalue weighted by molar-refractivity contribution is 5.99. The molecule has 0 bridgehead atoms. The van der Waals surface area contributed by atoms with E-state index in [9.17, 15) is 9.59 Å². The van der Waals surface area contributed by atoms with E-state index in [1.807, 2.05) is 44.2 Å². The van der Waals surface area contributed by atoms with Crippen LogP contribution in [0, 0.1) is 6.92 Å². The number of amides is 1. The van der Waals surface area contributed by atoms with Crippen LogP contribution in [-0.2, 0) is 20.1 Å². The zero-order valence-electron chi connectivity index (χ0n) is 19.9. The molecule has 178 valence electrons. The van der Waals surface area contributed by atoms with Crippen LogP contribution in [0.5, 0.6) is 0 Å². The van der Waals surface area contributed by atoms with E-state index in [0.29, 0.717) is 41.2 Å². The molecule has 1 atom stereocenters. The van der Waals surface area contributed by atoms with Crippen LogP contribution < -0.4 is 21.3 Å². The van der Waals surface area contributed by atoms with Gasteiger partial charge in [0, 0.05) is 31.4 Å². The number of aromatic nitrogens is 2. The first-order chi connectivity index (χ1) is 16.9. The molecule has 1 unspecified atom stereocenters. The molecule has 1 aliphatic heterocycles. The third-order valence-electron chi connectivity index (χ3n) is 6.57. The van der Waals surface area contributed by atoms with Gasteiger partial charge in [-0.25, -0.2) is 10.5 Å². The van der Waals surface area contributed by atoms with Crippen molar-refractivity contribution in [3.8, 4) is 0 Å². The minimum atomic E-state index is -0.600. The van der Waals surface area contributed by atoms with Gasteiger partial charge in [-0.3, -0.25) is 19.4 Å². The van der Waals surface area contributed by atoms with Gasteiger partial charge in [-0.15, -0.1) is 0 Å².